The largest absolute Gasteiger partial charge is 0.497 e. The molecular weight excluding hydrogens is 336 g/mol. The van der Waals surface area contributed by atoms with Crippen LogP contribution >= 0.6 is 0 Å². The van der Waals surface area contributed by atoms with Gasteiger partial charge in [-0.05, 0) is 59.5 Å². The van der Waals surface area contributed by atoms with Gasteiger partial charge in [-0.25, -0.2) is 0 Å². The molecule has 0 saturated carbocycles. The summed E-state index contributed by atoms with van der Waals surface area (Å²) in [5, 5.41) is 2.10. The minimum Gasteiger partial charge on any atom is -0.497 e. The van der Waals surface area contributed by atoms with Crippen LogP contribution < -0.4 is 14.2 Å². The van der Waals surface area contributed by atoms with Crippen molar-refractivity contribution in [2.24, 2.45) is 0 Å². The molecule has 0 atom stereocenters. The number of para-hydroxylation sites is 1. The molecule has 0 saturated heterocycles. The van der Waals surface area contributed by atoms with Crippen LogP contribution in [0.3, 0.4) is 0 Å². The van der Waals surface area contributed by atoms with Gasteiger partial charge < -0.3 is 14.2 Å². The monoisotopic (exact) mass is 356 g/mol. The number of hydrogen-bond acceptors (Lipinski definition) is 3. The van der Waals surface area contributed by atoms with Crippen LogP contribution in [-0.4, -0.2) is 14.2 Å². The minimum absolute atomic E-state index is 0.801. The van der Waals surface area contributed by atoms with Crippen molar-refractivity contribution in [3.63, 3.8) is 0 Å². The number of rotatable bonds is 5. The fourth-order valence-corrected chi connectivity index (χ4v) is 3.12. The first-order valence-corrected chi connectivity index (χ1v) is 8.76. The summed E-state index contributed by atoms with van der Waals surface area (Å²) in [5.74, 6) is 3.28. The predicted molar refractivity (Wildman–Crippen MR) is 109 cm³/mol. The van der Waals surface area contributed by atoms with Crippen molar-refractivity contribution in [3.05, 3.63) is 84.9 Å². The molecule has 0 spiro atoms. The number of fused-ring (bicyclic) bond motifs is 1. The van der Waals surface area contributed by atoms with E-state index in [0.29, 0.717) is 0 Å². The highest BCUT2D eigenvalue weighted by Crippen LogP contribution is 2.40. The molecule has 0 radical (unpaired) electrons. The summed E-state index contributed by atoms with van der Waals surface area (Å²) in [6.45, 7) is 0. The normalized spacial score (nSPS) is 10.6. The molecule has 0 aliphatic rings. The maximum absolute atomic E-state index is 6.34. The van der Waals surface area contributed by atoms with E-state index in [1.807, 2.05) is 72.8 Å². The fourth-order valence-electron chi connectivity index (χ4n) is 3.12. The van der Waals surface area contributed by atoms with Crippen molar-refractivity contribution in [1.29, 1.82) is 0 Å². The molecule has 3 heteroatoms. The lowest BCUT2D eigenvalue weighted by Crippen LogP contribution is -1.91. The summed E-state index contributed by atoms with van der Waals surface area (Å²) >= 11 is 0. The van der Waals surface area contributed by atoms with Gasteiger partial charge in [-0.15, -0.1) is 0 Å². The van der Waals surface area contributed by atoms with Crippen LogP contribution in [0.15, 0.2) is 84.9 Å². The smallest absolute Gasteiger partial charge is 0.143 e. The molecule has 0 fully saturated rings. The maximum atomic E-state index is 6.34. The van der Waals surface area contributed by atoms with Crippen molar-refractivity contribution >= 4 is 10.8 Å². The Balaban J connectivity index is 1.89. The second kappa shape index (κ2) is 7.42. The molecule has 3 nitrogen and oxygen atoms in total. The van der Waals surface area contributed by atoms with Gasteiger partial charge in [-0.1, -0.05) is 36.4 Å². The van der Waals surface area contributed by atoms with Gasteiger partial charge in [0.2, 0.25) is 0 Å². The van der Waals surface area contributed by atoms with E-state index >= 15 is 0 Å². The second-order valence-electron chi connectivity index (χ2n) is 6.17. The molecule has 4 aromatic rings. The molecule has 0 amide bonds. The highest BCUT2D eigenvalue weighted by atomic mass is 16.5. The van der Waals surface area contributed by atoms with Crippen molar-refractivity contribution in [2.75, 3.05) is 14.2 Å². The summed E-state index contributed by atoms with van der Waals surface area (Å²) in [6, 6.07) is 28.0. The highest BCUT2D eigenvalue weighted by molar-refractivity contribution is 5.96. The van der Waals surface area contributed by atoms with Crippen LogP contribution in [0, 0.1) is 0 Å². The Morgan fingerprint density at radius 3 is 2.00 bits per heavy atom. The van der Waals surface area contributed by atoms with Crippen LogP contribution in [0.5, 0.6) is 23.0 Å². The summed E-state index contributed by atoms with van der Waals surface area (Å²) < 4.78 is 17.0. The van der Waals surface area contributed by atoms with Gasteiger partial charge in [0.1, 0.15) is 23.0 Å². The zero-order valence-electron chi connectivity index (χ0n) is 15.3. The lowest BCUT2D eigenvalue weighted by molar-refractivity contribution is 0.415. The molecule has 0 aromatic heterocycles. The Kier molecular flexibility index (Phi) is 4.67. The Labute approximate surface area is 158 Å². The molecule has 0 aliphatic heterocycles. The van der Waals surface area contributed by atoms with E-state index in [1.54, 1.807) is 14.2 Å². The quantitative estimate of drug-likeness (QED) is 0.419. The third-order valence-electron chi connectivity index (χ3n) is 4.54. The number of ether oxygens (including phenoxy) is 3. The predicted octanol–water partition coefficient (Wildman–Crippen LogP) is 6.32. The lowest BCUT2D eigenvalue weighted by atomic mass is 9.99. The fraction of sp³-hybridized carbons (Fsp3) is 0.0833. The van der Waals surface area contributed by atoms with E-state index in [2.05, 4.69) is 12.1 Å². The number of hydrogen-bond donors (Lipinski definition) is 0. The average molecular weight is 356 g/mol. The first-order valence-electron chi connectivity index (χ1n) is 8.76. The summed E-state index contributed by atoms with van der Waals surface area (Å²) in [4.78, 5) is 0. The minimum atomic E-state index is 0.801. The van der Waals surface area contributed by atoms with Gasteiger partial charge in [0.05, 0.1) is 14.2 Å². The molecule has 0 aliphatic carbocycles. The Morgan fingerprint density at radius 2 is 1.30 bits per heavy atom. The third-order valence-corrected chi connectivity index (χ3v) is 4.54. The van der Waals surface area contributed by atoms with Crippen LogP contribution in [0.1, 0.15) is 0 Å². The van der Waals surface area contributed by atoms with Crippen molar-refractivity contribution in [2.45, 2.75) is 0 Å². The molecule has 4 aromatic carbocycles. The molecule has 134 valence electrons. The molecular formula is C24H20O3. The Bertz CT molecular complexity index is 1050. The molecule has 0 bridgehead atoms. The molecule has 0 N–H and O–H groups in total. The Morgan fingerprint density at radius 1 is 0.593 bits per heavy atom. The molecule has 27 heavy (non-hydrogen) atoms. The summed E-state index contributed by atoms with van der Waals surface area (Å²) in [6.07, 6.45) is 0. The van der Waals surface area contributed by atoms with Gasteiger partial charge in [-0.3, -0.25) is 0 Å². The van der Waals surface area contributed by atoms with E-state index in [0.717, 1.165) is 44.9 Å². The standard InChI is InChI=1S/C24H20O3/c1-25-19-11-8-17(9-12-19)22-14-10-18-16-21(26-2)13-15-23(18)24(22)27-20-6-4-3-5-7-20/h3-16H,1-2H3. The highest BCUT2D eigenvalue weighted by Gasteiger charge is 2.13. The molecule has 0 heterocycles. The lowest BCUT2D eigenvalue weighted by Gasteiger charge is -2.15. The van der Waals surface area contributed by atoms with E-state index < -0.39 is 0 Å². The first-order chi connectivity index (χ1) is 13.3. The third kappa shape index (κ3) is 3.44. The molecule has 0 unspecified atom stereocenters. The van der Waals surface area contributed by atoms with Crippen LogP contribution in [0.4, 0.5) is 0 Å². The second-order valence-corrected chi connectivity index (χ2v) is 6.17. The van der Waals surface area contributed by atoms with Gasteiger partial charge in [-0.2, -0.15) is 0 Å². The topological polar surface area (TPSA) is 27.7 Å². The van der Waals surface area contributed by atoms with Crippen molar-refractivity contribution < 1.29 is 14.2 Å². The summed E-state index contributed by atoms with van der Waals surface area (Å²) in [7, 11) is 3.34. The maximum Gasteiger partial charge on any atom is 0.143 e. The SMILES string of the molecule is COc1ccc(-c2ccc3cc(OC)ccc3c2Oc2ccccc2)cc1. The molecule has 4 rings (SSSR count). The van der Waals surface area contributed by atoms with Gasteiger partial charge in [0, 0.05) is 10.9 Å². The van der Waals surface area contributed by atoms with Gasteiger partial charge >= 0.3 is 0 Å². The average Bonchev–Trinajstić information content (AvgIpc) is 2.74. The Hall–Kier alpha value is -3.46. The number of benzene rings is 4. The van der Waals surface area contributed by atoms with E-state index in [-0.39, 0.29) is 0 Å². The van der Waals surface area contributed by atoms with Crippen LogP contribution in [0.2, 0.25) is 0 Å². The van der Waals surface area contributed by atoms with E-state index in [4.69, 9.17) is 14.2 Å². The summed E-state index contributed by atoms with van der Waals surface area (Å²) in [5.41, 5.74) is 2.10. The first kappa shape index (κ1) is 17.0. The van der Waals surface area contributed by atoms with E-state index in [1.165, 1.54) is 0 Å². The van der Waals surface area contributed by atoms with Crippen molar-refractivity contribution in [3.8, 4) is 34.1 Å². The van der Waals surface area contributed by atoms with Gasteiger partial charge in [0.15, 0.2) is 0 Å². The zero-order chi connectivity index (χ0) is 18.6. The van der Waals surface area contributed by atoms with Crippen LogP contribution in [0.25, 0.3) is 21.9 Å². The van der Waals surface area contributed by atoms with Crippen molar-refractivity contribution in [1.82, 2.24) is 0 Å². The van der Waals surface area contributed by atoms with Gasteiger partial charge in [0.25, 0.3) is 0 Å². The zero-order valence-corrected chi connectivity index (χ0v) is 15.3. The van der Waals surface area contributed by atoms with Crippen LogP contribution in [-0.2, 0) is 0 Å². The number of methoxy groups -OCH3 is 2. The van der Waals surface area contributed by atoms with E-state index in [9.17, 15) is 0 Å².